The van der Waals surface area contributed by atoms with Gasteiger partial charge in [-0.05, 0) is 17.7 Å². The van der Waals surface area contributed by atoms with E-state index in [4.69, 9.17) is 0 Å². The van der Waals surface area contributed by atoms with Gasteiger partial charge in [-0.15, -0.1) is 0 Å². The summed E-state index contributed by atoms with van der Waals surface area (Å²) in [5, 5.41) is 2.54. The monoisotopic (exact) mass is 246 g/mol. The molecule has 3 heterocycles. The first kappa shape index (κ1) is 11.2. The van der Waals surface area contributed by atoms with Crippen LogP contribution in [0, 0.1) is 0 Å². The van der Waals surface area contributed by atoms with Crippen LogP contribution < -0.4 is 5.32 Å². The van der Waals surface area contributed by atoms with Gasteiger partial charge in [0.1, 0.15) is 0 Å². The predicted molar refractivity (Wildman–Crippen MR) is 63.5 cm³/mol. The van der Waals surface area contributed by atoms with Crippen LogP contribution in [0.25, 0.3) is 0 Å². The molecule has 3 amide bonds. The lowest BCUT2D eigenvalue weighted by Gasteiger charge is -2.42. The molecular weight excluding hydrogens is 232 g/mol. The second kappa shape index (κ2) is 4.38. The highest BCUT2D eigenvalue weighted by Gasteiger charge is 2.41. The molecule has 0 bridgehead atoms. The van der Waals surface area contributed by atoms with Gasteiger partial charge in [-0.25, -0.2) is 4.79 Å². The predicted octanol–water partition coefficient (Wildman–Crippen LogP) is -0.182. The fraction of sp³-hybridized carbons (Fsp3) is 0.417. The van der Waals surface area contributed by atoms with Crippen LogP contribution >= 0.6 is 0 Å². The van der Waals surface area contributed by atoms with Gasteiger partial charge in [0, 0.05) is 32.0 Å². The summed E-state index contributed by atoms with van der Waals surface area (Å²) in [7, 11) is 0. The highest BCUT2D eigenvalue weighted by Crippen LogP contribution is 2.19. The van der Waals surface area contributed by atoms with Crippen molar-refractivity contribution in [1.82, 2.24) is 20.1 Å². The van der Waals surface area contributed by atoms with Gasteiger partial charge in [0.2, 0.25) is 5.91 Å². The molecule has 94 valence electrons. The van der Waals surface area contributed by atoms with Gasteiger partial charge in [0.15, 0.2) is 0 Å². The van der Waals surface area contributed by atoms with Crippen LogP contribution in [0.1, 0.15) is 5.56 Å². The minimum absolute atomic E-state index is 0.0295. The molecule has 1 N–H and O–H groups in total. The van der Waals surface area contributed by atoms with E-state index >= 15 is 0 Å². The normalized spacial score (nSPS) is 21.0. The van der Waals surface area contributed by atoms with Gasteiger partial charge in [0.05, 0.1) is 12.6 Å². The van der Waals surface area contributed by atoms with Gasteiger partial charge < -0.3 is 5.32 Å². The third-order valence-corrected chi connectivity index (χ3v) is 3.34. The van der Waals surface area contributed by atoms with E-state index < -0.39 is 0 Å². The van der Waals surface area contributed by atoms with E-state index in [1.54, 1.807) is 12.4 Å². The standard InChI is InChI=1S/C12H14N4O2/c17-11-5-14-12(18)16(11)10-7-15(8-10)6-9-1-3-13-4-2-9/h1-4,10H,5-8H2,(H,14,18). The second-order valence-electron chi connectivity index (χ2n) is 4.63. The van der Waals surface area contributed by atoms with E-state index in [2.05, 4.69) is 15.2 Å². The molecule has 0 saturated carbocycles. The molecular formula is C12H14N4O2. The number of urea groups is 1. The molecule has 0 aliphatic carbocycles. The maximum Gasteiger partial charge on any atom is 0.324 e. The Hall–Kier alpha value is -1.95. The van der Waals surface area contributed by atoms with Crippen molar-refractivity contribution < 1.29 is 9.59 Å². The summed E-state index contributed by atoms with van der Waals surface area (Å²) in [5.41, 5.74) is 1.20. The van der Waals surface area contributed by atoms with Crippen LogP contribution in [0.2, 0.25) is 0 Å². The van der Waals surface area contributed by atoms with E-state index in [9.17, 15) is 9.59 Å². The number of nitrogens with zero attached hydrogens (tertiary/aromatic N) is 3. The molecule has 2 aliphatic rings. The zero-order chi connectivity index (χ0) is 12.5. The summed E-state index contributed by atoms with van der Waals surface area (Å²) in [4.78, 5) is 30.5. The third kappa shape index (κ3) is 1.95. The van der Waals surface area contributed by atoms with Crippen LogP contribution in [-0.4, -0.2) is 52.4 Å². The number of amides is 3. The molecule has 6 heteroatoms. The maximum absolute atomic E-state index is 11.5. The molecule has 3 rings (SSSR count). The minimum Gasteiger partial charge on any atom is -0.329 e. The number of imide groups is 1. The Kier molecular flexibility index (Phi) is 2.71. The highest BCUT2D eigenvalue weighted by atomic mass is 16.2. The molecule has 0 spiro atoms. The number of hydrogen-bond acceptors (Lipinski definition) is 4. The number of likely N-dealkylation sites (tertiary alicyclic amines) is 1. The first-order valence-electron chi connectivity index (χ1n) is 5.95. The molecule has 0 aromatic carbocycles. The second-order valence-corrected chi connectivity index (χ2v) is 4.63. The van der Waals surface area contributed by atoms with Crippen molar-refractivity contribution in [3.8, 4) is 0 Å². The molecule has 18 heavy (non-hydrogen) atoms. The van der Waals surface area contributed by atoms with E-state index in [-0.39, 0.29) is 24.5 Å². The summed E-state index contributed by atoms with van der Waals surface area (Å²) in [6.45, 7) is 2.48. The van der Waals surface area contributed by atoms with Crippen LogP contribution in [0.3, 0.4) is 0 Å². The van der Waals surface area contributed by atoms with Gasteiger partial charge in [-0.2, -0.15) is 0 Å². The van der Waals surface area contributed by atoms with Crippen LogP contribution in [-0.2, 0) is 11.3 Å². The minimum atomic E-state index is -0.256. The molecule has 0 unspecified atom stereocenters. The summed E-state index contributed by atoms with van der Waals surface area (Å²) in [6, 6.07) is 3.72. The van der Waals surface area contributed by atoms with Crippen molar-refractivity contribution in [2.45, 2.75) is 12.6 Å². The van der Waals surface area contributed by atoms with Crippen molar-refractivity contribution in [2.24, 2.45) is 0 Å². The summed E-state index contributed by atoms with van der Waals surface area (Å²) >= 11 is 0. The zero-order valence-corrected chi connectivity index (χ0v) is 9.87. The van der Waals surface area contributed by atoms with Crippen LogP contribution in [0.5, 0.6) is 0 Å². The molecule has 1 aromatic heterocycles. The van der Waals surface area contributed by atoms with E-state index in [0.29, 0.717) is 0 Å². The molecule has 2 aliphatic heterocycles. The van der Waals surface area contributed by atoms with Crippen molar-refractivity contribution in [2.75, 3.05) is 19.6 Å². The topological polar surface area (TPSA) is 65.5 Å². The summed E-state index contributed by atoms with van der Waals surface area (Å²) in [6.07, 6.45) is 3.54. The molecule has 2 saturated heterocycles. The maximum atomic E-state index is 11.5. The lowest BCUT2D eigenvalue weighted by molar-refractivity contribution is -0.129. The smallest absolute Gasteiger partial charge is 0.324 e. The van der Waals surface area contributed by atoms with Gasteiger partial charge in [-0.3, -0.25) is 19.6 Å². The van der Waals surface area contributed by atoms with Crippen molar-refractivity contribution in [1.29, 1.82) is 0 Å². The first-order chi connectivity index (χ1) is 8.74. The third-order valence-electron chi connectivity index (χ3n) is 3.34. The molecule has 1 aromatic rings. The Morgan fingerprint density at radius 1 is 1.28 bits per heavy atom. The fourth-order valence-electron chi connectivity index (χ4n) is 2.39. The number of pyridine rings is 1. The zero-order valence-electron chi connectivity index (χ0n) is 9.87. The van der Waals surface area contributed by atoms with Gasteiger partial charge in [0.25, 0.3) is 0 Å². The van der Waals surface area contributed by atoms with Crippen molar-refractivity contribution in [3.05, 3.63) is 30.1 Å². The van der Waals surface area contributed by atoms with Gasteiger partial charge in [-0.1, -0.05) is 0 Å². The Labute approximate surface area is 105 Å². The van der Waals surface area contributed by atoms with Crippen LogP contribution in [0.15, 0.2) is 24.5 Å². The summed E-state index contributed by atoms with van der Waals surface area (Å²) < 4.78 is 0. The Bertz CT molecular complexity index is 454. The van der Waals surface area contributed by atoms with Crippen LogP contribution in [0.4, 0.5) is 4.79 Å². The summed E-state index contributed by atoms with van der Waals surface area (Å²) in [5.74, 6) is -0.117. The average molecular weight is 246 g/mol. The molecule has 6 nitrogen and oxygen atoms in total. The Balaban J connectivity index is 1.54. The lowest BCUT2D eigenvalue weighted by atomic mass is 10.1. The van der Waals surface area contributed by atoms with Crippen molar-refractivity contribution in [3.63, 3.8) is 0 Å². The van der Waals surface area contributed by atoms with E-state index in [0.717, 1.165) is 19.6 Å². The first-order valence-corrected chi connectivity index (χ1v) is 5.95. The number of aromatic nitrogens is 1. The SMILES string of the molecule is O=C1CNC(=O)N1C1CN(Cc2ccncc2)C1. The Morgan fingerprint density at radius 2 is 2.00 bits per heavy atom. The Morgan fingerprint density at radius 3 is 2.61 bits per heavy atom. The van der Waals surface area contributed by atoms with E-state index in [1.807, 2.05) is 12.1 Å². The molecule has 2 fully saturated rings. The number of nitrogens with one attached hydrogen (secondary N) is 1. The largest absolute Gasteiger partial charge is 0.329 e. The number of carbonyl (C=O) groups is 2. The molecule has 0 atom stereocenters. The lowest BCUT2D eigenvalue weighted by Crippen LogP contribution is -2.60. The van der Waals surface area contributed by atoms with Crippen molar-refractivity contribution >= 4 is 11.9 Å². The number of hydrogen-bond donors (Lipinski definition) is 1. The fourth-order valence-corrected chi connectivity index (χ4v) is 2.39. The highest BCUT2D eigenvalue weighted by molar-refractivity contribution is 6.02. The quantitative estimate of drug-likeness (QED) is 0.751. The van der Waals surface area contributed by atoms with Gasteiger partial charge >= 0.3 is 6.03 Å². The number of rotatable bonds is 3. The average Bonchev–Trinajstić information content (AvgIpc) is 2.65. The number of carbonyl (C=O) groups excluding carboxylic acids is 2. The van der Waals surface area contributed by atoms with E-state index in [1.165, 1.54) is 10.5 Å². The molecule has 0 radical (unpaired) electrons.